The molecule has 0 heterocycles. The zero-order valence-electron chi connectivity index (χ0n) is 13.6. The van der Waals surface area contributed by atoms with Crippen LogP contribution in [0.5, 0.6) is 0 Å². The van der Waals surface area contributed by atoms with E-state index < -0.39 is 0 Å². The molecule has 0 aromatic heterocycles. The fourth-order valence-corrected chi connectivity index (χ4v) is 2.53. The first kappa shape index (κ1) is 17.0. The normalized spacial score (nSPS) is 17.9. The molecule has 0 saturated heterocycles. The summed E-state index contributed by atoms with van der Waals surface area (Å²) in [6.45, 7) is 8.63. The minimum absolute atomic E-state index is 0.0877. The van der Waals surface area contributed by atoms with Crippen molar-refractivity contribution in [1.29, 1.82) is 0 Å². The van der Waals surface area contributed by atoms with Gasteiger partial charge in [-0.3, -0.25) is 9.59 Å². The molecule has 0 aliphatic heterocycles. The van der Waals surface area contributed by atoms with Gasteiger partial charge < -0.3 is 9.64 Å². The molecule has 1 rings (SSSR count). The minimum Gasteiger partial charge on any atom is -0.468 e. The van der Waals surface area contributed by atoms with E-state index in [9.17, 15) is 9.59 Å². The standard InChI is InChI=1S/C16H29NO3/c1-12(16(2,3)4)10-14(18)17(11-15(19)20-5)13-8-6-7-9-13/h12-13H,6-11H2,1-5H3. The number of hydrogen-bond donors (Lipinski definition) is 0. The van der Waals surface area contributed by atoms with Gasteiger partial charge >= 0.3 is 5.97 Å². The van der Waals surface area contributed by atoms with Crippen molar-refractivity contribution < 1.29 is 14.3 Å². The molecule has 1 fully saturated rings. The van der Waals surface area contributed by atoms with Crippen LogP contribution in [-0.2, 0) is 14.3 Å². The Morgan fingerprint density at radius 2 is 1.80 bits per heavy atom. The van der Waals surface area contributed by atoms with Gasteiger partial charge in [-0.15, -0.1) is 0 Å². The van der Waals surface area contributed by atoms with Crippen LogP contribution in [0.1, 0.15) is 59.8 Å². The van der Waals surface area contributed by atoms with Gasteiger partial charge in [0.15, 0.2) is 0 Å². The number of rotatable bonds is 5. The molecule has 0 spiro atoms. The molecule has 0 aromatic carbocycles. The summed E-state index contributed by atoms with van der Waals surface area (Å²) in [5.74, 6) is 0.0509. The molecule has 0 N–H and O–H groups in total. The Labute approximate surface area is 122 Å². The Kier molecular flexibility index (Phi) is 6.03. The van der Waals surface area contributed by atoms with Gasteiger partial charge in [-0.2, -0.15) is 0 Å². The Morgan fingerprint density at radius 1 is 1.25 bits per heavy atom. The molecule has 0 aromatic rings. The largest absolute Gasteiger partial charge is 0.468 e. The van der Waals surface area contributed by atoms with Crippen molar-refractivity contribution in [2.45, 2.75) is 65.8 Å². The van der Waals surface area contributed by atoms with Crippen molar-refractivity contribution in [3.05, 3.63) is 0 Å². The van der Waals surface area contributed by atoms with Crippen LogP contribution in [0, 0.1) is 11.3 Å². The maximum Gasteiger partial charge on any atom is 0.325 e. The van der Waals surface area contributed by atoms with Crippen LogP contribution in [0.3, 0.4) is 0 Å². The molecule has 0 radical (unpaired) electrons. The van der Waals surface area contributed by atoms with Crippen molar-refractivity contribution >= 4 is 11.9 Å². The molecule has 1 unspecified atom stereocenters. The van der Waals surface area contributed by atoms with Gasteiger partial charge in [-0.25, -0.2) is 0 Å². The Morgan fingerprint density at radius 3 is 2.25 bits per heavy atom. The van der Waals surface area contributed by atoms with Crippen molar-refractivity contribution in [3.8, 4) is 0 Å². The van der Waals surface area contributed by atoms with Crippen LogP contribution >= 0.6 is 0 Å². The summed E-state index contributed by atoms with van der Waals surface area (Å²) in [6, 6.07) is 0.216. The lowest BCUT2D eigenvalue weighted by molar-refractivity contribution is -0.149. The fraction of sp³-hybridized carbons (Fsp3) is 0.875. The molecule has 0 bridgehead atoms. The summed E-state index contributed by atoms with van der Waals surface area (Å²) in [4.78, 5) is 25.9. The third-order valence-corrected chi connectivity index (χ3v) is 4.57. The topological polar surface area (TPSA) is 46.6 Å². The van der Waals surface area contributed by atoms with Gasteiger partial charge in [0.2, 0.25) is 5.91 Å². The zero-order valence-corrected chi connectivity index (χ0v) is 13.6. The van der Waals surface area contributed by atoms with Crippen molar-refractivity contribution in [2.75, 3.05) is 13.7 Å². The van der Waals surface area contributed by atoms with Gasteiger partial charge in [0.05, 0.1) is 7.11 Å². The Hall–Kier alpha value is -1.06. The SMILES string of the molecule is COC(=O)CN(C(=O)CC(C)C(C)(C)C)C1CCCC1. The van der Waals surface area contributed by atoms with Crippen LogP contribution in [0.2, 0.25) is 0 Å². The van der Waals surface area contributed by atoms with Crippen LogP contribution in [0.15, 0.2) is 0 Å². The third-order valence-electron chi connectivity index (χ3n) is 4.57. The number of ether oxygens (including phenoxy) is 1. The van der Waals surface area contributed by atoms with Crippen LogP contribution < -0.4 is 0 Å². The predicted molar refractivity (Wildman–Crippen MR) is 79.2 cm³/mol. The molecule has 1 saturated carbocycles. The van der Waals surface area contributed by atoms with Gasteiger partial charge in [-0.05, 0) is 24.2 Å². The van der Waals surface area contributed by atoms with E-state index in [1.54, 1.807) is 4.90 Å². The second kappa shape index (κ2) is 7.09. The van der Waals surface area contributed by atoms with Crippen molar-refractivity contribution in [2.24, 2.45) is 11.3 Å². The van der Waals surface area contributed by atoms with E-state index in [0.717, 1.165) is 25.7 Å². The lowest BCUT2D eigenvalue weighted by Crippen LogP contribution is -2.43. The number of methoxy groups -OCH3 is 1. The first-order valence-corrected chi connectivity index (χ1v) is 7.62. The summed E-state index contributed by atoms with van der Waals surface area (Å²) in [5.41, 5.74) is 0.0995. The molecule has 20 heavy (non-hydrogen) atoms. The first-order valence-electron chi connectivity index (χ1n) is 7.62. The minimum atomic E-state index is -0.325. The van der Waals surface area contributed by atoms with Crippen molar-refractivity contribution in [3.63, 3.8) is 0 Å². The zero-order chi connectivity index (χ0) is 15.3. The molecule has 1 atom stereocenters. The predicted octanol–water partition coefficient (Wildman–Crippen LogP) is 3.00. The fourth-order valence-electron chi connectivity index (χ4n) is 2.53. The maximum absolute atomic E-state index is 12.6. The summed E-state index contributed by atoms with van der Waals surface area (Å²) < 4.78 is 4.73. The second-order valence-corrected chi connectivity index (χ2v) is 7.01. The molecule has 4 heteroatoms. The number of carbonyl (C=O) groups excluding carboxylic acids is 2. The summed E-state index contributed by atoms with van der Waals surface area (Å²) in [7, 11) is 1.37. The van der Waals surface area contributed by atoms with Gasteiger partial charge in [0, 0.05) is 12.5 Å². The van der Waals surface area contributed by atoms with E-state index in [-0.39, 0.29) is 35.8 Å². The molecule has 1 aliphatic carbocycles. The number of esters is 1. The average molecular weight is 283 g/mol. The lowest BCUT2D eigenvalue weighted by atomic mass is 9.80. The van der Waals surface area contributed by atoms with Crippen LogP contribution in [0.4, 0.5) is 0 Å². The molecular formula is C16H29NO3. The number of carbonyl (C=O) groups is 2. The highest BCUT2D eigenvalue weighted by Gasteiger charge is 2.31. The van der Waals surface area contributed by atoms with E-state index >= 15 is 0 Å². The van der Waals surface area contributed by atoms with E-state index in [4.69, 9.17) is 4.74 Å². The maximum atomic E-state index is 12.6. The molecule has 1 amide bonds. The van der Waals surface area contributed by atoms with Gasteiger partial charge in [-0.1, -0.05) is 40.5 Å². The highest BCUT2D eigenvalue weighted by atomic mass is 16.5. The van der Waals surface area contributed by atoms with Crippen LogP contribution in [0.25, 0.3) is 0 Å². The van der Waals surface area contributed by atoms with E-state index in [1.807, 2.05) is 0 Å². The van der Waals surface area contributed by atoms with Crippen molar-refractivity contribution in [1.82, 2.24) is 4.90 Å². The van der Waals surface area contributed by atoms with E-state index in [0.29, 0.717) is 6.42 Å². The summed E-state index contributed by atoms with van der Waals surface area (Å²) >= 11 is 0. The van der Waals surface area contributed by atoms with E-state index in [2.05, 4.69) is 27.7 Å². The lowest BCUT2D eigenvalue weighted by Gasteiger charge is -2.32. The monoisotopic (exact) mass is 283 g/mol. The smallest absolute Gasteiger partial charge is 0.325 e. The highest BCUT2D eigenvalue weighted by molar-refractivity contribution is 5.82. The van der Waals surface area contributed by atoms with Gasteiger partial charge in [0.1, 0.15) is 6.54 Å². The molecule has 116 valence electrons. The third kappa shape index (κ3) is 4.80. The Bertz CT molecular complexity index is 340. The summed E-state index contributed by atoms with van der Waals surface area (Å²) in [6.07, 6.45) is 4.80. The molecule has 4 nitrogen and oxygen atoms in total. The Balaban J connectivity index is 2.71. The average Bonchev–Trinajstić information content (AvgIpc) is 2.87. The van der Waals surface area contributed by atoms with E-state index in [1.165, 1.54) is 7.11 Å². The number of amides is 1. The molecular weight excluding hydrogens is 254 g/mol. The number of nitrogens with zero attached hydrogens (tertiary/aromatic N) is 1. The number of hydrogen-bond acceptors (Lipinski definition) is 3. The quantitative estimate of drug-likeness (QED) is 0.729. The van der Waals surface area contributed by atoms with Crippen LogP contribution in [-0.4, -0.2) is 36.5 Å². The second-order valence-electron chi connectivity index (χ2n) is 7.01. The molecule has 1 aliphatic rings. The first-order chi connectivity index (χ1) is 9.25. The summed E-state index contributed by atoms with van der Waals surface area (Å²) in [5, 5.41) is 0. The highest BCUT2D eigenvalue weighted by Crippen LogP contribution is 2.30. The van der Waals surface area contributed by atoms with Gasteiger partial charge in [0.25, 0.3) is 0 Å².